The number of carbonyl (C=O) groups excluding carboxylic acids is 1. The standard InChI is InChI=1S/C28H30ClF5N2O2/c1-2-19-12-20(38-25-11-17(28(32,33)34)10-23(29)26(25)31)7-8-36(19)14-16-9-24(30)22(13-21(16)15-3-4-15)27(37)35-18-5-6-18/h9-11,13,15,18-20H,2-8,12,14H2,1H3,(H,35,37)/t19-,20-/m0/s1. The Morgan fingerprint density at radius 1 is 1.11 bits per heavy atom. The van der Waals surface area contributed by atoms with Crippen LogP contribution in [0.25, 0.3) is 0 Å². The van der Waals surface area contributed by atoms with Gasteiger partial charge in [-0.1, -0.05) is 18.5 Å². The van der Waals surface area contributed by atoms with E-state index in [9.17, 15) is 22.4 Å². The van der Waals surface area contributed by atoms with Crippen LogP contribution in [0.4, 0.5) is 22.0 Å². The van der Waals surface area contributed by atoms with E-state index in [2.05, 4.69) is 10.2 Å². The molecule has 1 heterocycles. The molecule has 1 N–H and O–H groups in total. The zero-order chi connectivity index (χ0) is 27.2. The molecule has 0 unspecified atom stereocenters. The Morgan fingerprint density at radius 2 is 1.84 bits per heavy atom. The minimum absolute atomic E-state index is 0.00559. The molecule has 5 rings (SSSR count). The van der Waals surface area contributed by atoms with Crippen molar-refractivity contribution >= 4 is 17.5 Å². The molecule has 10 heteroatoms. The van der Waals surface area contributed by atoms with E-state index in [1.807, 2.05) is 6.92 Å². The molecule has 38 heavy (non-hydrogen) atoms. The van der Waals surface area contributed by atoms with Gasteiger partial charge >= 0.3 is 6.18 Å². The molecule has 2 saturated carbocycles. The molecule has 0 aromatic heterocycles. The fraction of sp³-hybridized carbons (Fsp3) is 0.536. The van der Waals surface area contributed by atoms with E-state index in [4.69, 9.17) is 16.3 Å². The summed E-state index contributed by atoms with van der Waals surface area (Å²) < 4.78 is 74.8. The molecule has 2 aromatic rings. The summed E-state index contributed by atoms with van der Waals surface area (Å²) in [6.07, 6.45) is 0.362. The second-order valence-electron chi connectivity index (χ2n) is 10.6. The lowest BCUT2D eigenvalue weighted by Gasteiger charge is -2.39. The average molecular weight is 557 g/mol. The lowest BCUT2D eigenvalue weighted by atomic mass is 9.94. The molecular weight excluding hydrogens is 527 g/mol. The molecule has 206 valence electrons. The summed E-state index contributed by atoms with van der Waals surface area (Å²) in [5.74, 6) is -2.11. The molecule has 1 aliphatic heterocycles. The van der Waals surface area contributed by atoms with Crippen molar-refractivity contribution in [2.24, 2.45) is 0 Å². The van der Waals surface area contributed by atoms with Crippen LogP contribution in [-0.4, -0.2) is 35.5 Å². The van der Waals surface area contributed by atoms with Crippen LogP contribution in [0.5, 0.6) is 5.75 Å². The topological polar surface area (TPSA) is 41.6 Å². The molecule has 0 bridgehead atoms. The third kappa shape index (κ3) is 6.09. The van der Waals surface area contributed by atoms with Crippen molar-refractivity contribution in [2.75, 3.05) is 6.54 Å². The van der Waals surface area contributed by atoms with Gasteiger partial charge in [0.25, 0.3) is 5.91 Å². The zero-order valence-corrected chi connectivity index (χ0v) is 21.8. The Morgan fingerprint density at radius 3 is 2.47 bits per heavy atom. The highest BCUT2D eigenvalue weighted by atomic mass is 35.5. The summed E-state index contributed by atoms with van der Waals surface area (Å²) in [6, 6.07) is 4.53. The van der Waals surface area contributed by atoms with E-state index >= 15 is 4.39 Å². The number of piperidine rings is 1. The zero-order valence-electron chi connectivity index (χ0n) is 21.0. The number of carbonyl (C=O) groups is 1. The first-order chi connectivity index (χ1) is 18.0. The first-order valence-corrected chi connectivity index (χ1v) is 13.5. The number of nitrogens with one attached hydrogen (secondary N) is 1. The number of amides is 1. The summed E-state index contributed by atoms with van der Waals surface area (Å²) in [6.45, 7) is 3.03. The second-order valence-corrected chi connectivity index (χ2v) is 11.0. The minimum atomic E-state index is -4.67. The molecule has 0 spiro atoms. The van der Waals surface area contributed by atoms with Gasteiger partial charge < -0.3 is 10.1 Å². The van der Waals surface area contributed by atoms with Gasteiger partial charge in [0, 0.05) is 25.2 Å². The van der Waals surface area contributed by atoms with Gasteiger partial charge in [0.15, 0.2) is 11.6 Å². The fourth-order valence-electron chi connectivity index (χ4n) is 5.22. The van der Waals surface area contributed by atoms with Crippen molar-refractivity contribution in [1.82, 2.24) is 10.2 Å². The smallest absolute Gasteiger partial charge is 0.416 e. The lowest BCUT2D eigenvalue weighted by molar-refractivity contribution is -0.137. The number of hydrogen-bond donors (Lipinski definition) is 1. The molecule has 0 radical (unpaired) electrons. The Labute approximate surface area is 223 Å². The van der Waals surface area contributed by atoms with Crippen molar-refractivity contribution in [2.45, 2.75) is 88.7 Å². The number of hydrogen-bond acceptors (Lipinski definition) is 3. The van der Waals surface area contributed by atoms with Gasteiger partial charge in [-0.2, -0.15) is 13.2 Å². The molecule has 3 fully saturated rings. The summed E-state index contributed by atoms with van der Waals surface area (Å²) in [4.78, 5) is 14.8. The second kappa shape index (κ2) is 10.6. The van der Waals surface area contributed by atoms with Crippen molar-refractivity contribution in [1.29, 1.82) is 0 Å². The van der Waals surface area contributed by atoms with Gasteiger partial charge in [-0.05, 0) is 86.3 Å². The predicted molar refractivity (Wildman–Crippen MR) is 133 cm³/mol. The normalized spacial score (nSPS) is 22.4. The summed E-state index contributed by atoms with van der Waals surface area (Å²) >= 11 is 5.71. The molecule has 3 aliphatic rings. The highest BCUT2D eigenvalue weighted by molar-refractivity contribution is 6.31. The van der Waals surface area contributed by atoms with Crippen LogP contribution < -0.4 is 10.1 Å². The van der Waals surface area contributed by atoms with Crippen LogP contribution in [0.1, 0.15) is 84.8 Å². The number of benzene rings is 2. The Kier molecular flexibility index (Phi) is 7.61. The van der Waals surface area contributed by atoms with Crippen LogP contribution in [0.3, 0.4) is 0 Å². The third-order valence-corrected chi connectivity index (χ3v) is 7.93. The van der Waals surface area contributed by atoms with Gasteiger partial charge in [-0.25, -0.2) is 8.78 Å². The van der Waals surface area contributed by atoms with Crippen LogP contribution in [-0.2, 0) is 12.7 Å². The first-order valence-electron chi connectivity index (χ1n) is 13.1. The van der Waals surface area contributed by atoms with Crippen molar-refractivity contribution in [3.63, 3.8) is 0 Å². The largest absolute Gasteiger partial charge is 0.487 e. The van der Waals surface area contributed by atoms with Gasteiger partial charge in [0.2, 0.25) is 0 Å². The Bertz CT molecular complexity index is 1210. The number of likely N-dealkylation sites (tertiary alicyclic amines) is 1. The minimum Gasteiger partial charge on any atom is -0.487 e. The quantitative estimate of drug-likeness (QED) is 0.349. The van der Waals surface area contributed by atoms with E-state index in [0.717, 1.165) is 43.2 Å². The Hall–Kier alpha value is -2.39. The maximum absolute atomic E-state index is 15.0. The highest BCUT2D eigenvalue weighted by Gasteiger charge is 2.35. The predicted octanol–water partition coefficient (Wildman–Crippen LogP) is 7.23. The third-order valence-electron chi connectivity index (χ3n) is 7.65. The highest BCUT2D eigenvalue weighted by Crippen LogP contribution is 2.43. The van der Waals surface area contributed by atoms with Crippen molar-refractivity contribution in [3.05, 3.63) is 63.2 Å². The Balaban J connectivity index is 1.30. The SMILES string of the molecule is CC[C@H]1C[C@@H](Oc2cc(C(F)(F)F)cc(Cl)c2F)CCN1Cc1cc(F)c(C(=O)NC2CC2)cc1C1CC1. The van der Waals surface area contributed by atoms with Gasteiger partial charge in [-0.3, -0.25) is 9.69 Å². The first kappa shape index (κ1) is 27.2. The monoisotopic (exact) mass is 556 g/mol. The van der Waals surface area contributed by atoms with Gasteiger partial charge in [0.05, 0.1) is 16.1 Å². The number of alkyl halides is 3. The van der Waals surface area contributed by atoms with Crippen LogP contribution in [0.15, 0.2) is 24.3 Å². The van der Waals surface area contributed by atoms with Crippen LogP contribution >= 0.6 is 11.6 Å². The van der Waals surface area contributed by atoms with E-state index in [-0.39, 0.29) is 23.6 Å². The maximum Gasteiger partial charge on any atom is 0.416 e. The van der Waals surface area contributed by atoms with E-state index in [1.54, 1.807) is 6.07 Å². The molecule has 2 atom stereocenters. The van der Waals surface area contributed by atoms with Gasteiger partial charge in [0.1, 0.15) is 11.9 Å². The molecule has 2 aromatic carbocycles. The van der Waals surface area contributed by atoms with Crippen molar-refractivity contribution in [3.8, 4) is 5.75 Å². The number of halogens is 6. The van der Waals surface area contributed by atoms with E-state index < -0.39 is 40.3 Å². The molecule has 1 saturated heterocycles. The molecule has 2 aliphatic carbocycles. The number of rotatable bonds is 8. The van der Waals surface area contributed by atoms with Crippen molar-refractivity contribution < 1.29 is 31.5 Å². The average Bonchev–Trinajstić information content (AvgIpc) is 3.78. The number of ether oxygens (including phenoxy) is 1. The van der Waals surface area contributed by atoms with Gasteiger partial charge in [-0.15, -0.1) is 0 Å². The molecule has 1 amide bonds. The molecule has 4 nitrogen and oxygen atoms in total. The summed E-state index contributed by atoms with van der Waals surface area (Å²) in [7, 11) is 0. The number of nitrogens with zero attached hydrogens (tertiary/aromatic N) is 1. The lowest BCUT2D eigenvalue weighted by Crippen LogP contribution is -2.45. The summed E-state index contributed by atoms with van der Waals surface area (Å²) in [5, 5.41) is 2.22. The van der Waals surface area contributed by atoms with Crippen LogP contribution in [0.2, 0.25) is 5.02 Å². The van der Waals surface area contributed by atoms with Crippen LogP contribution in [0, 0.1) is 11.6 Å². The van der Waals surface area contributed by atoms with E-state index in [1.165, 1.54) is 6.07 Å². The van der Waals surface area contributed by atoms with E-state index in [0.29, 0.717) is 44.0 Å². The summed E-state index contributed by atoms with van der Waals surface area (Å²) in [5.41, 5.74) is 0.874. The fourth-order valence-corrected chi connectivity index (χ4v) is 5.43. The molecular formula is C28H30ClF5N2O2. The maximum atomic E-state index is 15.0.